The molecule has 0 bridgehead atoms. The maximum Gasteiger partial charge on any atom is 0.264 e. The van der Waals surface area contributed by atoms with E-state index < -0.39 is 21.7 Å². The van der Waals surface area contributed by atoms with Crippen molar-refractivity contribution >= 4 is 33.0 Å². The Morgan fingerprint density at radius 2 is 1.59 bits per heavy atom. The summed E-state index contributed by atoms with van der Waals surface area (Å²) in [7, 11) is -2.31. The van der Waals surface area contributed by atoms with Crippen molar-refractivity contribution in [3.8, 4) is 0 Å². The number of rotatable bonds is 6. The molecule has 0 spiro atoms. The second-order valence-electron chi connectivity index (χ2n) is 7.61. The Bertz CT molecular complexity index is 1210. The quantitative estimate of drug-likeness (QED) is 0.597. The molecule has 0 saturated carbocycles. The van der Waals surface area contributed by atoms with Crippen molar-refractivity contribution < 1.29 is 17.6 Å². The Balaban J connectivity index is 1.55. The third kappa shape index (κ3) is 4.31. The molecule has 3 aromatic rings. The number of benzene rings is 3. The molecule has 6 nitrogen and oxygen atoms in total. The van der Waals surface area contributed by atoms with Crippen molar-refractivity contribution in [1.82, 2.24) is 0 Å². The van der Waals surface area contributed by atoms with Crippen molar-refractivity contribution in [3.63, 3.8) is 0 Å². The highest BCUT2D eigenvalue weighted by Gasteiger charge is 2.23. The molecule has 0 aromatic heterocycles. The first kappa shape index (κ1) is 21.8. The first-order chi connectivity index (χ1) is 15.4. The van der Waals surface area contributed by atoms with Crippen LogP contribution in [0.25, 0.3) is 0 Å². The summed E-state index contributed by atoms with van der Waals surface area (Å²) in [4.78, 5) is 14.9. The van der Waals surface area contributed by atoms with Crippen LogP contribution in [0.15, 0.2) is 77.7 Å². The Morgan fingerprint density at radius 1 is 0.938 bits per heavy atom. The fourth-order valence-corrected chi connectivity index (χ4v) is 4.95. The van der Waals surface area contributed by atoms with Gasteiger partial charge >= 0.3 is 0 Å². The van der Waals surface area contributed by atoms with Crippen LogP contribution in [0.2, 0.25) is 0 Å². The van der Waals surface area contributed by atoms with Crippen LogP contribution in [-0.4, -0.2) is 34.5 Å². The lowest BCUT2D eigenvalue weighted by atomic mass is 10.2. The van der Waals surface area contributed by atoms with Gasteiger partial charge in [0.05, 0.1) is 16.3 Å². The first-order valence-electron chi connectivity index (χ1n) is 10.4. The molecular formula is C24H24FN3O3S. The number of hydrogen-bond donors (Lipinski definition) is 1. The van der Waals surface area contributed by atoms with Crippen LogP contribution in [-0.2, 0) is 10.0 Å². The second kappa shape index (κ2) is 9.00. The lowest BCUT2D eigenvalue weighted by Gasteiger charge is -2.22. The number of amides is 1. The molecule has 166 valence electrons. The molecular weight excluding hydrogens is 429 g/mol. The molecule has 1 aliphatic heterocycles. The maximum atomic E-state index is 14.5. The van der Waals surface area contributed by atoms with Gasteiger partial charge in [-0.2, -0.15) is 0 Å². The van der Waals surface area contributed by atoms with E-state index in [1.54, 1.807) is 36.4 Å². The van der Waals surface area contributed by atoms with E-state index in [-0.39, 0.29) is 16.1 Å². The minimum atomic E-state index is -3.78. The molecule has 8 heteroatoms. The zero-order chi connectivity index (χ0) is 22.7. The molecule has 1 saturated heterocycles. The summed E-state index contributed by atoms with van der Waals surface area (Å²) in [6.07, 6.45) is 2.05. The second-order valence-corrected chi connectivity index (χ2v) is 9.58. The third-order valence-corrected chi connectivity index (χ3v) is 7.37. The smallest absolute Gasteiger partial charge is 0.264 e. The highest BCUT2D eigenvalue weighted by atomic mass is 32.2. The number of sulfonamides is 1. The predicted molar refractivity (Wildman–Crippen MR) is 124 cm³/mol. The Kier molecular flexibility index (Phi) is 6.14. The van der Waals surface area contributed by atoms with E-state index in [0.29, 0.717) is 11.4 Å². The number of halogens is 1. The van der Waals surface area contributed by atoms with Crippen molar-refractivity contribution in [2.75, 3.05) is 34.7 Å². The zero-order valence-electron chi connectivity index (χ0n) is 17.7. The van der Waals surface area contributed by atoms with Crippen LogP contribution < -0.4 is 14.5 Å². The maximum absolute atomic E-state index is 14.5. The average Bonchev–Trinajstić information content (AvgIpc) is 3.35. The number of carbonyl (C=O) groups excluding carboxylic acids is 1. The predicted octanol–water partition coefficient (Wildman–Crippen LogP) is 4.50. The molecule has 32 heavy (non-hydrogen) atoms. The average molecular weight is 454 g/mol. The normalized spacial score (nSPS) is 13.8. The Labute approximate surface area is 187 Å². The van der Waals surface area contributed by atoms with Gasteiger partial charge in [-0.15, -0.1) is 0 Å². The molecule has 4 rings (SSSR count). The van der Waals surface area contributed by atoms with Gasteiger partial charge in [-0.1, -0.05) is 24.3 Å². The van der Waals surface area contributed by atoms with Gasteiger partial charge < -0.3 is 10.2 Å². The molecule has 1 aliphatic rings. The highest BCUT2D eigenvalue weighted by Crippen LogP contribution is 2.31. The largest absolute Gasteiger partial charge is 0.370 e. The highest BCUT2D eigenvalue weighted by molar-refractivity contribution is 7.92. The third-order valence-electron chi connectivity index (χ3n) is 5.57. The van der Waals surface area contributed by atoms with Gasteiger partial charge in [-0.05, 0) is 61.4 Å². The molecule has 0 aliphatic carbocycles. The van der Waals surface area contributed by atoms with E-state index in [0.717, 1.165) is 25.9 Å². The summed E-state index contributed by atoms with van der Waals surface area (Å²) in [5.74, 6) is -1.01. The first-order valence-corrected chi connectivity index (χ1v) is 11.8. The fourth-order valence-electron chi connectivity index (χ4n) is 3.76. The van der Waals surface area contributed by atoms with Crippen LogP contribution in [0.1, 0.15) is 23.2 Å². The molecule has 1 heterocycles. The fraction of sp³-hybridized carbons (Fsp3) is 0.208. The lowest BCUT2D eigenvalue weighted by molar-refractivity contribution is 0.102. The summed E-state index contributed by atoms with van der Waals surface area (Å²) in [6.45, 7) is 1.63. The van der Waals surface area contributed by atoms with Gasteiger partial charge in [-0.3, -0.25) is 9.10 Å². The summed E-state index contributed by atoms with van der Waals surface area (Å²) in [5, 5.41) is 2.66. The SMILES string of the molecule is CN(c1ccccc1)S(=O)(=O)c1ccc(C(=O)Nc2c(F)cccc2N2CCCC2)cc1. The Hall–Kier alpha value is -3.39. The number of anilines is 3. The molecule has 1 N–H and O–H groups in total. The molecule has 0 radical (unpaired) electrons. The van der Waals surface area contributed by atoms with Gasteiger partial charge in [0.15, 0.2) is 0 Å². The lowest BCUT2D eigenvalue weighted by Crippen LogP contribution is -2.26. The van der Waals surface area contributed by atoms with Gasteiger partial charge in [0.25, 0.3) is 15.9 Å². The Morgan fingerprint density at radius 3 is 2.25 bits per heavy atom. The summed E-state index contributed by atoms with van der Waals surface area (Å²) in [5.41, 5.74) is 1.56. The van der Waals surface area contributed by atoms with Crippen LogP contribution in [0.4, 0.5) is 21.5 Å². The number of nitrogens with zero attached hydrogens (tertiary/aromatic N) is 2. The van der Waals surface area contributed by atoms with E-state index in [2.05, 4.69) is 5.32 Å². The summed E-state index contributed by atoms with van der Waals surface area (Å²) in [6, 6.07) is 19.1. The molecule has 1 amide bonds. The van der Waals surface area contributed by atoms with Crippen LogP contribution >= 0.6 is 0 Å². The van der Waals surface area contributed by atoms with E-state index in [4.69, 9.17) is 0 Å². The van der Waals surface area contributed by atoms with Crippen molar-refractivity contribution in [3.05, 3.63) is 84.2 Å². The van der Waals surface area contributed by atoms with Crippen LogP contribution in [0, 0.1) is 5.82 Å². The van der Waals surface area contributed by atoms with Gasteiger partial charge in [-0.25, -0.2) is 12.8 Å². The number of para-hydroxylation sites is 2. The standard InChI is InChI=1S/C24H24FN3O3S/c1-27(19-8-3-2-4-9-19)32(30,31)20-14-12-18(13-15-20)24(29)26-23-21(25)10-7-11-22(23)28-16-5-6-17-28/h2-4,7-15H,5-6,16-17H2,1H3,(H,26,29). The molecule has 0 atom stereocenters. The molecule has 3 aromatic carbocycles. The minimum Gasteiger partial charge on any atom is -0.370 e. The van der Waals surface area contributed by atoms with Crippen molar-refractivity contribution in [2.45, 2.75) is 17.7 Å². The number of hydrogen-bond acceptors (Lipinski definition) is 4. The van der Waals surface area contributed by atoms with E-state index >= 15 is 0 Å². The summed E-state index contributed by atoms with van der Waals surface area (Å²) < 4.78 is 41.5. The van der Waals surface area contributed by atoms with Crippen LogP contribution in [0.5, 0.6) is 0 Å². The molecule has 0 unspecified atom stereocenters. The van der Waals surface area contributed by atoms with Gasteiger partial charge in [0, 0.05) is 25.7 Å². The number of nitrogens with one attached hydrogen (secondary N) is 1. The van der Waals surface area contributed by atoms with Gasteiger partial charge in [0.1, 0.15) is 11.5 Å². The van der Waals surface area contributed by atoms with Crippen molar-refractivity contribution in [1.29, 1.82) is 0 Å². The minimum absolute atomic E-state index is 0.0593. The summed E-state index contributed by atoms with van der Waals surface area (Å²) >= 11 is 0. The van der Waals surface area contributed by atoms with Crippen LogP contribution in [0.3, 0.4) is 0 Å². The topological polar surface area (TPSA) is 69.7 Å². The number of carbonyl (C=O) groups is 1. The monoisotopic (exact) mass is 453 g/mol. The zero-order valence-corrected chi connectivity index (χ0v) is 18.5. The van der Waals surface area contributed by atoms with Crippen molar-refractivity contribution in [2.24, 2.45) is 0 Å². The van der Waals surface area contributed by atoms with E-state index in [9.17, 15) is 17.6 Å². The van der Waals surface area contributed by atoms with Gasteiger partial charge in [0.2, 0.25) is 0 Å². The van der Waals surface area contributed by atoms with E-state index in [1.807, 2.05) is 11.0 Å². The molecule has 1 fully saturated rings. The van der Waals surface area contributed by atoms with E-state index in [1.165, 1.54) is 41.7 Å².